The van der Waals surface area contributed by atoms with Crippen LogP contribution >= 0.6 is 11.8 Å². The van der Waals surface area contributed by atoms with Gasteiger partial charge in [0.05, 0.1) is 5.76 Å². The van der Waals surface area contributed by atoms with Gasteiger partial charge in [-0.05, 0) is 43.4 Å². The van der Waals surface area contributed by atoms with Crippen molar-refractivity contribution in [2.45, 2.75) is 24.7 Å². The molecule has 1 atom stereocenters. The van der Waals surface area contributed by atoms with Gasteiger partial charge < -0.3 is 5.11 Å². The molecule has 0 fully saturated rings. The van der Waals surface area contributed by atoms with Gasteiger partial charge in [0, 0.05) is 16.4 Å². The maximum Gasteiger partial charge on any atom is 0.160 e. The number of hydrogen-bond acceptors (Lipinski definition) is 3. The molecule has 0 aliphatic carbocycles. The largest absolute Gasteiger partial charge is 0.512 e. The number of ketones is 1. The molecule has 1 N–H and O–H groups in total. The number of Topliss-reactive ketones (excluding diaryl/α,β-unsaturated/α-hetero) is 1. The van der Waals surface area contributed by atoms with Crippen molar-refractivity contribution < 1.29 is 9.90 Å². The van der Waals surface area contributed by atoms with Crippen molar-refractivity contribution in [3.05, 3.63) is 77.1 Å². The molecule has 2 rings (SSSR count). The lowest BCUT2D eigenvalue weighted by atomic mass is 9.82. The van der Waals surface area contributed by atoms with Crippen LogP contribution in [0.4, 0.5) is 0 Å². The van der Waals surface area contributed by atoms with Gasteiger partial charge in [-0.1, -0.05) is 42.5 Å². The van der Waals surface area contributed by atoms with Crippen molar-refractivity contribution >= 4 is 17.5 Å². The summed E-state index contributed by atoms with van der Waals surface area (Å²) in [5.74, 6) is -0.280. The average molecular weight is 312 g/mol. The Hall–Kier alpha value is -2.00. The minimum atomic E-state index is -0.250. The summed E-state index contributed by atoms with van der Waals surface area (Å²) in [7, 11) is 0. The number of rotatable bonds is 5. The number of benzene rings is 2. The molecular formula is C19H20O2S. The Bertz CT molecular complexity index is 668. The van der Waals surface area contributed by atoms with Gasteiger partial charge in [-0.3, -0.25) is 4.79 Å². The van der Waals surface area contributed by atoms with Crippen LogP contribution in [0.15, 0.2) is 70.8 Å². The van der Waals surface area contributed by atoms with Crippen molar-refractivity contribution in [1.82, 2.24) is 0 Å². The molecule has 3 heteroatoms. The quantitative estimate of drug-likeness (QED) is 0.481. The molecule has 0 aromatic heterocycles. The summed E-state index contributed by atoms with van der Waals surface area (Å²) >= 11 is 1.68. The topological polar surface area (TPSA) is 37.3 Å². The zero-order chi connectivity index (χ0) is 16.1. The van der Waals surface area contributed by atoms with E-state index in [1.54, 1.807) is 18.7 Å². The van der Waals surface area contributed by atoms with E-state index < -0.39 is 0 Å². The summed E-state index contributed by atoms with van der Waals surface area (Å²) in [5.41, 5.74) is 2.45. The number of hydrogen-bond donors (Lipinski definition) is 1. The summed E-state index contributed by atoms with van der Waals surface area (Å²) in [6.07, 6.45) is 2.03. The van der Waals surface area contributed by atoms with Gasteiger partial charge in [-0.25, -0.2) is 0 Å². The van der Waals surface area contributed by atoms with Gasteiger partial charge in [-0.15, -0.1) is 11.8 Å². The second-order valence-electron chi connectivity index (χ2n) is 5.17. The fraction of sp³-hybridized carbons (Fsp3) is 0.211. The first-order valence-corrected chi connectivity index (χ1v) is 8.36. The lowest BCUT2D eigenvalue weighted by Gasteiger charge is -2.21. The van der Waals surface area contributed by atoms with Crippen LogP contribution in [0.5, 0.6) is 0 Å². The lowest BCUT2D eigenvalue weighted by Crippen LogP contribution is -2.13. The molecule has 0 aliphatic rings. The van der Waals surface area contributed by atoms with Crippen LogP contribution in [-0.2, 0) is 4.79 Å². The van der Waals surface area contributed by atoms with Crippen LogP contribution in [-0.4, -0.2) is 17.1 Å². The SMILES string of the molecule is CSc1ccc([C@@H](/C(C(C)=O)=C(\C)O)c2ccccc2)cc1. The Kier molecular flexibility index (Phi) is 5.45. The zero-order valence-corrected chi connectivity index (χ0v) is 13.9. The Labute approximate surface area is 135 Å². The summed E-state index contributed by atoms with van der Waals surface area (Å²) < 4.78 is 0. The molecule has 114 valence electrons. The number of aliphatic hydroxyl groups is 1. The van der Waals surface area contributed by atoms with E-state index in [9.17, 15) is 9.90 Å². The number of carbonyl (C=O) groups excluding carboxylic acids is 1. The molecule has 0 radical (unpaired) electrons. The Morgan fingerprint density at radius 1 is 0.955 bits per heavy atom. The number of carbonyl (C=O) groups is 1. The third-order valence-electron chi connectivity index (χ3n) is 3.64. The summed E-state index contributed by atoms with van der Waals surface area (Å²) in [6.45, 7) is 3.07. The van der Waals surface area contributed by atoms with E-state index in [0.717, 1.165) is 11.1 Å². The fourth-order valence-corrected chi connectivity index (χ4v) is 3.04. The summed E-state index contributed by atoms with van der Waals surface area (Å²) in [6, 6.07) is 17.9. The molecule has 22 heavy (non-hydrogen) atoms. The lowest BCUT2D eigenvalue weighted by molar-refractivity contribution is -0.114. The third kappa shape index (κ3) is 3.60. The van der Waals surface area contributed by atoms with Crippen LogP contribution in [0.25, 0.3) is 0 Å². The van der Waals surface area contributed by atoms with Crippen LogP contribution in [0, 0.1) is 0 Å². The highest BCUT2D eigenvalue weighted by atomic mass is 32.2. The number of thioether (sulfide) groups is 1. The normalized spacial score (nSPS) is 13.4. The second kappa shape index (κ2) is 7.32. The van der Waals surface area contributed by atoms with Gasteiger partial charge in [0.25, 0.3) is 0 Å². The highest BCUT2D eigenvalue weighted by Crippen LogP contribution is 2.34. The van der Waals surface area contributed by atoms with Crippen LogP contribution in [0.1, 0.15) is 30.9 Å². The van der Waals surface area contributed by atoms with Crippen molar-refractivity contribution in [3.8, 4) is 0 Å². The molecule has 2 aromatic rings. The Balaban J connectivity index is 2.59. The van der Waals surface area contributed by atoms with Crippen LogP contribution in [0.2, 0.25) is 0 Å². The Morgan fingerprint density at radius 3 is 1.95 bits per heavy atom. The summed E-state index contributed by atoms with van der Waals surface area (Å²) in [4.78, 5) is 13.2. The molecule has 0 saturated heterocycles. The number of aliphatic hydroxyl groups excluding tert-OH is 1. The van der Waals surface area contributed by atoms with E-state index in [1.807, 2.05) is 60.9 Å². The first-order chi connectivity index (χ1) is 10.5. The van der Waals surface area contributed by atoms with E-state index in [4.69, 9.17) is 0 Å². The van der Waals surface area contributed by atoms with Gasteiger partial charge in [0.15, 0.2) is 5.78 Å². The van der Waals surface area contributed by atoms with Crippen LogP contribution in [0.3, 0.4) is 0 Å². The number of allylic oxidation sites excluding steroid dienone is 2. The van der Waals surface area contributed by atoms with Gasteiger partial charge in [-0.2, -0.15) is 0 Å². The van der Waals surface area contributed by atoms with Crippen LogP contribution < -0.4 is 0 Å². The maximum absolute atomic E-state index is 12.1. The Morgan fingerprint density at radius 2 is 1.50 bits per heavy atom. The molecule has 0 spiro atoms. The minimum absolute atomic E-state index is 0.0790. The summed E-state index contributed by atoms with van der Waals surface area (Å²) in [5, 5.41) is 10.0. The van der Waals surface area contributed by atoms with E-state index in [-0.39, 0.29) is 17.5 Å². The van der Waals surface area contributed by atoms with E-state index in [2.05, 4.69) is 0 Å². The predicted molar refractivity (Wildman–Crippen MR) is 92.5 cm³/mol. The van der Waals surface area contributed by atoms with E-state index >= 15 is 0 Å². The fourth-order valence-electron chi connectivity index (χ4n) is 2.63. The van der Waals surface area contributed by atoms with Gasteiger partial charge in [0.1, 0.15) is 0 Å². The average Bonchev–Trinajstić information content (AvgIpc) is 2.52. The van der Waals surface area contributed by atoms with Crippen molar-refractivity contribution in [2.75, 3.05) is 6.26 Å². The molecule has 0 unspecified atom stereocenters. The third-order valence-corrected chi connectivity index (χ3v) is 4.38. The van der Waals surface area contributed by atoms with E-state index in [1.165, 1.54) is 11.8 Å². The molecule has 0 bridgehead atoms. The molecule has 0 saturated carbocycles. The zero-order valence-electron chi connectivity index (χ0n) is 13.0. The molecule has 0 heterocycles. The highest BCUT2D eigenvalue weighted by molar-refractivity contribution is 7.98. The second-order valence-corrected chi connectivity index (χ2v) is 6.05. The minimum Gasteiger partial charge on any atom is -0.512 e. The van der Waals surface area contributed by atoms with Crippen molar-refractivity contribution in [1.29, 1.82) is 0 Å². The molecule has 0 amide bonds. The molecule has 0 aliphatic heterocycles. The molecule has 2 aromatic carbocycles. The maximum atomic E-state index is 12.1. The monoisotopic (exact) mass is 312 g/mol. The molecule has 2 nitrogen and oxygen atoms in total. The first kappa shape index (κ1) is 16.4. The predicted octanol–water partition coefficient (Wildman–Crippen LogP) is 4.96. The standard InChI is InChI=1S/C19H20O2S/c1-13(20)18(14(2)21)19(15-7-5-4-6-8-15)16-9-11-17(22-3)12-10-16/h4-12,19-20H,1-3H3/b18-13+/t19-/m0/s1. The molecular weight excluding hydrogens is 292 g/mol. The van der Waals surface area contributed by atoms with Crippen molar-refractivity contribution in [3.63, 3.8) is 0 Å². The smallest absolute Gasteiger partial charge is 0.160 e. The van der Waals surface area contributed by atoms with Crippen molar-refractivity contribution in [2.24, 2.45) is 0 Å². The highest BCUT2D eigenvalue weighted by Gasteiger charge is 2.24. The van der Waals surface area contributed by atoms with Gasteiger partial charge >= 0.3 is 0 Å². The first-order valence-electron chi connectivity index (χ1n) is 7.14. The van der Waals surface area contributed by atoms with E-state index in [0.29, 0.717) is 5.57 Å². The van der Waals surface area contributed by atoms with Gasteiger partial charge in [0.2, 0.25) is 0 Å².